The molecule has 5 heteroatoms. The number of carbonyl (C=O) groups excluding carboxylic acids is 2. The van der Waals surface area contributed by atoms with Crippen molar-refractivity contribution in [3.8, 4) is 22.8 Å². The van der Waals surface area contributed by atoms with E-state index in [2.05, 4.69) is 4.98 Å². The molecule has 2 aromatic carbocycles. The minimum atomic E-state index is -0.649. The largest absolute Gasteiger partial charge is 0.451 e. The zero-order valence-corrected chi connectivity index (χ0v) is 14.8. The van der Waals surface area contributed by atoms with Crippen LogP contribution in [-0.4, -0.2) is 22.8 Å². The monoisotopic (exact) mass is 361 g/mol. The first-order valence-corrected chi connectivity index (χ1v) is 9.07. The van der Waals surface area contributed by atoms with Gasteiger partial charge in [0.25, 0.3) is 0 Å². The number of Topliss-reactive ketones (excluding diaryl/α,β-unsaturated/α-hetero) is 1. The normalized spacial score (nSPS) is 16.9. The summed E-state index contributed by atoms with van der Waals surface area (Å²) in [5.41, 5.74) is 1.80. The summed E-state index contributed by atoms with van der Waals surface area (Å²) in [5.74, 6) is 0.437. The number of benzene rings is 2. The summed E-state index contributed by atoms with van der Waals surface area (Å²) in [6.07, 6.45) is 3.80. The van der Waals surface area contributed by atoms with Crippen molar-refractivity contribution >= 4 is 11.8 Å². The first kappa shape index (κ1) is 17.2. The predicted octanol–water partition coefficient (Wildman–Crippen LogP) is 4.68. The second-order valence-corrected chi connectivity index (χ2v) is 6.55. The van der Waals surface area contributed by atoms with E-state index in [-0.39, 0.29) is 5.78 Å². The van der Waals surface area contributed by atoms with Crippen LogP contribution in [0.25, 0.3) is 22.8 Å². The molecule has 0 spiro atoms. The highest BCUT2D eigenvalue weighted by molar-refractivity contribution is 5.98. The van der Waals surface area contributed by atoms with Gasteiger partial charge in [-0.05, 0) is 31.4 Å². The molecule has 0 bridgehead atoms. The Morgan fingerprint density at radius 2 is 1.81 bits per heavy atom. The Morgan fingerprint density at radius 1 is 1.04 bits per heavy atom. The molecule has 4 rings (SSSR count). The minimum Gasteiger partial charge on any atom is -0.451 e. The molecule has 1 fully saturated rings. The summed E-state index contributed by atoms with van der Waals surface area (Å²) >= 11 is 0. The van der Waals surface area contributed by atoms with E-state index in [1.54, 1.807) is 24.4 Å². The molecule has 5 nitrogen and oxygen atoms in total. The van der Waals surface area contributed by atoms with E-state index in [4.69, 9.17) is 9.15 Å². The quantitative estimate of drug-likeness (QED) is 0.631. The maximum Gasteiger partial charge on any atom is 0.339 e. The fourth-order valence-corrected chi connectivity index (χ4v) is 3.25. The number of hydrogen-bond donors (Lipinski definition) is 0. The highest BCUT2D eigenvalue weighted by Crippen LogP contribution is 2.29. The Labute approximate surface area is 157 Å². The van der Waals surface area contributed by atoms with Crippen LogP contribution in [0.2, 0.25) is 0 Å². The fraction of sp³-hybridized carbons (Fsp3) is 0.227. The summed E-state index contributed by atoms with van der Waals surface area (Å²) in [6.45, 7) is 0. The lowest BCUT2D eigenvalue weighted by molar-refractivity contribution is -0.129. The van der Waals surface area contributed by atoms with Gasteiger partial charge < -0.3 is 9.15 Å². The number of carbonyl (C=O) groups is 2. The topological polar surface area (TPSA) is 69.4 Å². The Balaban J connectivity index is 1.61. The van der Waals surface area contributed by atoms with E-state index in [0.29, 0.717) is 35.6 Å². The first-order valence-electron chi connectivity index (χ1n) is 9.07. The van der Waals surface area contributed by atoms with Crippen LogP contribution < -0.4 is 0 Å². The standard InChI is InChI=1S/C22H19NO4/c24-18-12-6-7-13-19(18)27-22(25)17-11-5-4-10-16(17)21-23-14-20(26-21)15-8-2-1-3-9-15/h1-5,8-11,14,19H,6-7,12-13H2/t19-/m0/s1. The molecule has 1 saturated carbocycles. The lowest BCUT2D eigenvalue weighted by atomic mass is 9.96. The highest BCUT2D eigenvalue weighted by atomic mass is 16.5. The molecule has 1 aliphatic rings. The second kappa shape index (κ2) is 7.58. The molecule has 1 atom stereocenters. The third kappa shape index (κ3) is 3.67. The molecule has 0 unspecified atom stereocenters. The Bertz CT molecular complexity index is 961. The van der Waals surface area contributed by atoms with Gasteiger partial charge in [0.1, 0.15) is 0 Å². The van der Waals surface area contributed by atoms with Crippen molar-refractivity contribution < 1.29 is 18.7 Å². The number of aromatic nitrogens is 1. The summed E-state index contributed by atoms with van der Waals surface area (Å²) in [6, 6.07) is 16.6. The molecule has 136 valence electrons. The van der Waals surface area contributed by atoms with Gasteiger partial charge in [-0.2, -0.15) is 0 Å². The van der Waals surface area contributed by atoms with Crippen LogP contribution in [0.1, 0.15) is 36.0 Å². The van der Waals surface area contributed by atoms with Gasteiger partial charge >= 0.3 is 5.97 Å². The van der Waals surface area contributed by atoms with Crippen molar-refractivity contribution in [2.24, 2.45) is 0 Å². The molecule has 0 saturated heterocycles. The molecule has 0 aliphatic heterocycles. The number of nitrogens with zero attached hydrogens (tertiary/aromatic N) is 1. The van der Waals surface area contributed by atoms with Crippen molar-refractivity contribution in [2.75, 3.05) is 0 Å². The summed E-state index contributed by atoms with van der Waals surface area (Å²) in [4.78, 5) is 29.0. The van der Waals surface area contributed by atoms with Gasteiger partial charge in [0.15, 0.2) is 17.6 Å². The Hall–Kier alpha value is -3.21. The molecule has 27 heavy (non-hydrogen) atoms. The van der Waals surface area contributed by atoms with Gasteiger partial charge in [-0.3, -0.25) is 4.79 Å². The van der Waals surface area contributed by atoms with Gasteiger partial charge in [0.05, 0.1) is 17.3 Å². The molecule has 3 aromatic rings. The lowest BCUT2D eigenvalue weighted by Crippen LogP contribution is -2.30. The van der Waals surface area contributed by atoms with Gasteiger partial charge in [-0.15, -0.1) is 0 Å². The summed E-state index contributed by atoms with van der Waals surface area (Å²) in [7, 11) is 0. The molecular formula is C22H19NO4. The number of ketones is 1. The SMILES string of the molecule is O=C(O[C@H]1CCCCC1=O)c1ccccc1-c1ncc(-c2ccccc2)o1. The van der Waals surface area contributed by atoms with Crippen LogP contribution >= 0.6 is 0 Å². The Kier molecular flexibility index (Phi) is 4.83. The van der Waals surface area contributed by atoms with E-state index >= 15 is 0 Å². The molecule has 1 aromatic heterocycles. The third-order valence-electron chi connectivity index (χ3n) is 4.69. The second-order valence-electron chi connectivity index (χ2n) is 6.55. The smallest absolute Gasteiger partial charge is 0.339 e. The van der Waals surface area contributed by atoms with Crippen molar-refractivity contribution in [2.45, 2.75) is 31.8 Å². The number of esters is 1. The number of oxazole rings is 1. The molecule has 0 amide bonds. The molecule has 0 N–H and O–H groups in total. The highest BCUT2D eigenvalue weighted by Gasteiger charge is 2.27. The molecule has 1 heterocycles. The third-order valence-corrected chi connectivity index (χ3v) is 4.69. The minimum absolute atomic E-state index is 0.00503. The van der Waals surface area contributed by atoms with Crippen LogP contribution in [0, 0.1) is 0 Å². The van der Waals surface area contributed by atoms with Crippen LogP contribution in [0.15, 0.2) is 65.2 Å². The van der Waals surface area contributed by atoms with Crippen molar-refractivity contribution in [1.82, 2.24) is 4.98 Å². The van der Waals surface area contributed by atoms with Crippen LogP contribution in [0.4, 0.5) is 0 Å². The van der Waals surface area contributed by atoms with E-state index in [1.165, 1.54) is 0 Å². The number of ether oxygens (including phenoxy) is 1. The average molecular weight is 361 g/mol. The van der Waals surface area contributed by atoms with Crippen molar-refractivity contribution in [3.05, 3.63) is 66.4 Å². The van der Waals surface area contributed by atoms with Gasteiger partial charge in [-0.1, -0.05) is 42.5 Å². The number of rotatable bonds is 4. The van der Waals surface area contributed by atoms with E-state index < -0.39 is 12.1 Å². The van der Waals surface area contributed by atoms with Gasteiger partial charge in [0.2, 0.25) is 5.89 Å². The van der Waals surface area contributed by atoms with Gasteiger partial charge in [-0.25, -0.2) is 9.78 Å². The molecule has 0 radical (unpaired) electrons. The van der Waals surface area contributed by atoms with Gasteiger partial charge in [0, 0.05) is 12.0 Å². The van der Waals surface area contributed by atoms with E-state index in [1.807, 2.05) is 36.4 Å². The summed E-state index contributed by atoms with van der Waals surface area (Å²) in [5, 5.41) is 0. The van der Waals surface area contributed by atoms with Crippen molar-refractivity contribution in [1.29, 1.82) is 0 Å². The first-order chi connectivity index (χ1) is 13.2. The average Bonchev–Trinajstić information content (AvgIpc) is 3.20. The zero-order valence-electron chi connectivity index (χ0n) is 14.8. The van der Waals surface area contributed by atoms with E-state index in [0.717, 1.165) is 18.4 Å². The fourth-order valence-electron chi connectivity index (χ4n) is 3.25. The maximum absolute atomic E-state index is 12.7. The van der Waals surface area contributed by atoms with Crippen molar-refractivity contribution in [3.63, 3.8) is 0 Å². The zero-order chi connectivity index (χ0) is 18.6. The maximum atomic E-state index is 12.7. The lowest BCUT2D eigenvalue weighted by Gasteiger charge is -2.21. The van der Waals surface area contributed by atoms with Crippen LogP contribution in [0.3, 0.4) is 0 Å². The molecular weight excluding hydrogens is 342 g/mol. The number of hydrogen-bond acceptors (Lipinski definition) is 5. The van der Waals surface area contributed by atoms with E-state index in [9.17, 15) is 9.59 Å². The van der Waals surface area contributed by atoms with Crippen LogP contribution in [0.5, 0.6) is 0 Å². The van der Waals surface area contributed by atoms with Crippen LogP contribution in [-0.2, 0) is 9.53 Å². The molecule has 1 aliphatic carbocycles. The summed E-state index contributed by atoms with van der Waals surface area (Å²) < 4.78 is 11.4. The Morgan fingerprint density at radius 3 is 2.63 bits per heavy atom. The predicted molar refractivity (Wildman–Crippen MR) is 100 cm³/mol.